The molecule has 1 aliphatic rings. The Bertz CT molecular complexity index is 1000. The third kappa shape index (κ3) is 3.73. The first-order chi connectivity index (χ1) is 14.4. The third-order valence-electron chi connectivity index (χ3n) is 4.70. The standard InChI is InChI=1S/C21H22N2O7/c1-27-15-7-5-13(11-17(15)29-3)21(22-19(24)9-10-20(22)25)23(26)14-6-8-16(28-2)18(12-14)30-4/h5-8,11-12H,9-10H2,1-4H3/b23-21+. The van der Waals surface area contributed by atoms with Crippen LogP contribution in [-0.2, 0) is 9.59 Å². The van der Waals surface area contributed by atoms with Crippen molar-refractivity contribution in [3.8, 4) is 23.0 Å². The van der Waals surface area contributed by atoms with Crippen molar-refractivity contribution < 1.29 is 33.3 Å². The van der Waals surface area contributed by atoms with E-state index in [0.717, 1.165) is 4.90 Å². The number of rotatable bonds is 6. The molecule has 9 nitrogen and oxygen atoms in total. The number of hydrogen-bond acceptors (Lipinski definition) is 7. The molecule has 1 saturated heterocycles. The van der Waals surface area contributed by atoms with E-state index in [4.69, 9.17) is 18.9 Å². The number of nitrogens with zero attached hydrogens (tertiary/aromatic N) is 2. The van der Waals surface area contributed by atoms with Crippen molar-refractivity contribution in [1.29, 1.82) is 0 Å². The minimum Gasteiger partial charge on any atom is -0.710 e. The number of imide groups is 1. The molecule has 2 amide bonds. The largest absolute Gasteiger partial charge is 0.710 e. The third-order valence-corrected chi connectivity index (χ3v) is 4.70. The van der Waals surface area contributed by atoms with Gasteiger partial charge in [-0.15, -0.1) is 4.90 Å². The number of methoxy groups -OCH3 is 4. The molecule has 0 atom stereocenters. The topological polar surface area (TPSA) is 100 Å². The lowest BCUT2D eigenvalue weighted by molar-refractivity contribution is -0.365. The Labute approximate surface area is 173 Å². The van der Waals surface area contributed by atoms with Crippen LogP contribution in [0.2, 0.25) is 0 Å². The summed E-state index contributed by atoms with van der Waals surface area (Å²) >= 11 is 0. The number of carbonyl (C=O) groups excluding carboxylic acids is 2. The summed E-state index contributed by atoms with van der Waals surface area (Å²) in [6.45, 7) is 0. The number of amidine groups is 1. The van der Waals surface area contributed by atoms with E-state index < -0.39 is 11.8 Å². The zero-order chi connectivity index (χ0) is 21.8. The highest BCUT2D eigenvalue weighted by Crippen LogP contribution is 2.33. The maximum atomic E-state index is 13.4. The molecule has 158 valence electrons. The number of carbonyl (C=O) groups is 2. The van der Waals surface area contributed by atoms with Gasteiger partial charge in [-0.3, -0.25) is 0 Å². The molecule has 0 bridgehead atoms. The average molecular weight is 414 g/mol. The molecule has 0 aliphatic carbocycles. The van der Waals surface area contributed by atoms with Gasteiger partial charge in [0.2, 0.25) is 0 Å². The zero-order valence-electron chi connectivity index (χ0n) is 17.1. The van der Waals surface area contributed by atoms with Crippen LogP contribution in [0.25, 0.3) is 0 Å². The molecule has 30 heavy (non-hydrogen) atoms. The molecule has 1 fully saturated rings. The fourth-order valence-corrected chi connectivity index (χ4v) is 3.20. The van der Waals surface area contributed by atoms with Gasteiger partial charge in [0, 0.05) is 6.07 Å². The second kappa shape index (κ2) is 8.73. The number of benzene rings is 2. The minimum absolute atomic E-state index is 0.0371. The lowest BCUT2D eigenvalue weighted by Crippen LogP contribution is -2.40. The molecule has 3 rings (SSSR count). The summed E-state index contributed by atoms with van der Waals surface area (Å²) in [6, 6.07) is 9.28. The number of ether oxygens (including phenoxy) is 4. The van der Waals surface area contributed by atoms with Gasteiger partial charge in [0.1, 0.15) is 5.69 Å². The SMILES string of the molecule is COc1ccc(/C(N2C(=O)CCC2=O)=[N+](\[O-])c2ccc(OC)c(OC)c2)cc1OC. The van der Waals surface area contributed by atoms with Crippen molar-refractivity contribution in [2.45, 2.75) is 12.8 Å². The fraction of sp³-hybridized carbons (Fsp3) is 0.286. The van der Waals surface area contributed by atoms with Gasteiger partial charge in [0.05, 0.1) is 46.8 Å². The Kier molecular flexibility index (Phi) is 6.10. The Morgan fingerprint density at radius 3 is 1.83 bits per heavy atom. The van der Waals surface area contributed by atoms with Crippen molar-refractivity contribution in [2.24, 2.45) is 0 Å². The first-order valence-corrected chi connectivity index (χ1v) is 9.09. The van der Waals surface area contributed by atoms with Gasteiger partial charge in [0.15, 0.2) is 23.0 Å². The smallest absolute Gasteiger partial charge is 0.317 e. The van der Waals surface area contributed by atoms with Crippen molar-refractivity contribution in [3.63, 3.8) is 0 Å². The van der Waals surface area contributed by atoms with Crippen LogP contribution in [0.1, 0.15) is 18.4 Å². The quantitative estimate of drug-likeness (QED) is 0.179. The van der Waals surface area contributed by atoms with E-state index >= 15 is 0 Å². The monoisotopic (exact) mass is 414 g/mol. The summed E-state index contributed by atoms with van der Waals surface area (Å²) in [6.07, 6.45) is 0.0742. The molecule has 1 heterocycles. The molecule has 0 unspecified atom stereocenters. The van der Waals surface area contributed by atoms with Gasteiger partial charge in [0.25, 0.3) is 0 Å². The van der Waals surface area contributed by atoms with Gasteiger partial charge in [-0.05, 0) is 30.3 Å². The average Bonchev–Trinajstić information content (AvgIpc) is 3.11. The van der Waals surface area contributed by atoms with Gasteiger partial charge < -0.3 is 24.2 Å². The zero-order valence-corrected chi connectivity index (χ0v) is 17.1. The van der Waals surface area contributed by atoms with Crippen LogP contribution in [0.5, 0.6) is 23.0 Å². The van der Waals surface area contributed by atoms with E-state index in [1.807, 2.05) is 0 Å². The van der Waals surface area contributed by atoms with Crippen molar-refractivity contribution in [2.75, 3.05) is 28.4 Å². The molecule has 0 saturated carbocycles. The number of amides is 2. The van der Waals surface area contributed by atoms with Crippen LogP contribution in [0.3, 0.4) is 0 Å². The molecule has 2 aromatic carbocycles. The molecular weight excluding hydrogens is 392 g/mol. The van der Waals surface area contributed by atoms with Gasteiger partial charge in [-0.1, -0.05) is 0 Å². The summed E-state index contributed by atoms with van der Waals surface area (Å²) < 4.78 is 21.5. The van der Waals surface area contributed by atoms with E-state index in [0.29, 0.717) is 33.3 Å². The van der Waals surface area contributed by atoms with Gasteiger partial charge in [-0.25, -0.2) is 14.3 Å². The first kappa shape index (κ1) is 21.0. The second-order valence-corrected chi connectivity index (χ2v) is 6.35. The Morgan fingerprint density at radius 1 is 0.800 bits per heavy atom. The molecule has 0 spiro atoms. The van der Waals surface area contributed by atoms with E-state index in [2.05, 4.69) is 0 Å². The highest BCUT2D eigenvalue weighted by Gasteiger charge is 2.42. The molecule has 0 aromatic heterocycles. The van der Waals surface area contributed by atoms with Crippen LogP contribution in [0, 0.1) is 5.21 Å². The normalized spacial score (nSPS) is 14.5. The second-order valence-electron chi connectivity index (χ2n) is 6.35. The summed E-state index contributed by atoms with van der Waals surface area (Å²) in [5.41, 5.74) is 0.478. The predicted molar refractivity (Wildman–Crippen MR) is 108 cm³/mol. The molecule has 1 aliphatic heterocycles. The van der Waals surface area contributed by atoms with Crippen LogP contribution in [0.4, 0.5) is 5.69 Å². The molecule has 9 heteroatoms. The molecule has 0 N–H and O–H groups in total. The Hall–Kier alpha value is -3.75. The summed E-state index contributed by atoms with van der Waals surface area (Å²) in [5.74, 6) is 0.542. The minimum atomic E-state index is -0.453. The summed E-state index contributed by atoms with van der Waals surface area (Å²) in [5, 5.41) is 13.4. The van der Waals surface area contributed by atoms with E-state index in [9.17, 15) is 14.8 Å². The van der Waals surface area contributed by atoms with Crippen molar-refractivity contribution in [1.82, 2.24) is 4.90 Å². The number of hydrogen-bond donors (Lipinski definition) is 0. The van der Waals surface area contributed by atoms with E-state index in [1.54, 1.807) is 24.3 Å². The van der Waals surface area contributed by atoms with Crippen LogP contribution >= 0.6 is 0 Å². The van der Waals surface area contributed by atoms with Crippen molar-refractivity contribution >= 4 is 23.3 Å². The van der Waals surface area contributed by atoms with Crippen LogP contribution < -0.4 is 18.9 Å². The highest BCUT2D eigenvalue weighted by molar-refractivity contribution is 6.20. The first-order valence-electron chi connectivity index (χ1n) is 9.09. The van der Waals surface area contributed by atoms with E-state index in [1.165, 1.54) is 40.6 Å². The lowest BCUT2D eigenvalue weighted by atomic mass is 10.1. The van der Waals surface area contributed by atoms with Crippen LogP contribution in [-0.4, -0.2) is 55.7 Å². The molecular formula is C21H22N2O7. The molecule has 0 radical (unpaired) electrons. The predicted octanol–water partition coefficient (Wildman–Crippen LogP) is 2.46. The summed E-state index contributed by atoms with van der Waals surface area (Å²) in [4.78, 5) is 25.8. The lowest BCUT2D eigenvalue weighted by Gasteiger charge is -2.20. The van der Waals surface area contributed by atoms with E-state index in [-0.39, 0.29) is 24.4 Å². The number of likely N-dealkylation sites (tertiary alicyclic amines) is 1. The fourth-order valence-electron chi connectivity index (χ4n) is 3.20. The summed E-state index contributed by atoms with van der Waals surface area (Å²) in [7, 11) is 5.87. The Balaban J connectivity index is 2.24. The highest BCUT2D eigenvalue weighted by atomic mass is 16.5. The molecule has 2 aromatic rings. The van der Waals surface area contributed by atoms with Crippen LogP contribution in [0.15, 0.2) is 36.4 Å². The van der Waals surface area contributed by atoms with Gasteiger partial charge >= 0.3 is 17.6 Å². The van der Waals surface area contributed by atoms with Crippen molar-refractivity contribution in [3.05, 3.63) is 47.2 Å². The maximum Gasteiger partial charge on any atom is 0.317 e. The Morgan fingerprint density at radius 2 is 1.30 bits per heavy atom. The maximum absolute atomic E-state index is 13.4. The van der Waals surface area contributed by atoms with Gasteiger partial charge in [-0.2, -0.15) is 0 Å².